The molecule has 6 heteroatoms. The van der Waals surface area contributed by atoms with E-state index in [1.54, 1.807) is 6.08 Å². The van der Waals surface area contributed by atoms with Crippen LogP contribution in [-0.4, -0.2) is 47.4 Å². The number of amides is 1. The number of carbonyl (C=O) groups excluding carboxylic acids is 2. The molecule has 6 nitrogen and oxygen atoms in total. The first kappa shape index (κ1) is 86.1. The molecule has 2 unspecified atom stereocenters. The molecule has 0 fully saturated rings. The van der Waals surface area contributed by atoms with Gasteiger partial charge in [0.2, 0.25) is 5.91 Å². The van der Waals surface area contributed by atoms with Crippen LogP contribution in [0.2, 0.25) is 0 Å². The van der Waals surface area contributed by atoms with Crippen LogP contribution in [0.5, 0.6) is 0 Å². The number of aliphatic hydroxyl groups excluding tert-OH is 2. The highest BCUT2D eigenvalue weighted by Crippen LogP contribution is 2.20. The van der Waals surface area contributed by atoms with Crippen LogP contribution in [0.4, 0.5) is 0 Å². The summed E-state index contributed by atoms with van der Waals surface area (Å²) in [4.78, 5) is 24.6. The lowest BCUT2D eigenvalue weighted by Gasteiger charge is -2.20. The smallest absolute Gasteiger partial charge is 0.305 e. The van der Waals surface area contributed by atoms with Gasteiger partial charge in [0.25, 0.3) is 0 Å². The summed E-state index contributed by atoms with van der Waals surface area (Å²) < 4.78 is 5.48. The van der Waals surface area contributed by atoms with E-state index in [-0.39, 0.29) is 18.5 Å². The van der Waals surface area contributed by atoms with Crippen LogP contribution in [0, 0.1) is 0 Å². The van der Waals surface area contributed by atoms with E-state index >= 15 is 0 Å². The summed E-state index contributed by atoms with van der Waals surface area (Å²) in [5.74, 6) is -0.0435. The van der Waals surface area contributed by atoms with Crippen molar-refractivity contribution in [3.05, 3.63) is 36.5 Å². The van der Waals surface area contributed by atoms with Crippen molar-refractivity contribution in [1.29, 1.82) is 0 Å². The number of nitrogens with one attached hydrogen (secondary N) is 1. The molecule has 520 valence electrons. The van der Waals surface area contributed by atoms with E-state index in [2.05, 4.69) is 43.5 Å². The highest BCUT2D eigenvalue weighted by Gasteiger charge is 2.18. The molecule has 0 aliphatic heterocycles. The summed E-state index contributed by atoms with van der Waals surface area (Å²) in [6.45, 7) is 4.95. The van der Waals surface area contributed by atoms with E-state index < -0.39 is 12.1 Å². The maximum atomic E-state index is 12.6. The highest BCUT2D eigenvalue weighted by atomic mass is 16.5. The molecular weight excluding hydrogens is 1080 g/mol. The Bertz CT molecular complexity index is 1430. The van der Waals surface area contributed by atoms with Crippen LogP contribution in [0.1, 0.15) is 450 Å². The highest BCUT2D eigenvalue weighted by molar-refractivity contribution is 5.76. The van der Waals surface area contributed by atoms with Gasteiger partial charge in [0, 0.05) is 12.8 Å². The molecule has 0 aromatic rings. The van der Waals surface area contributed by atoms with Crippen LogP contribution in [0.15, 0.2) is 36.5 Å². The van der Waals surface area contributed by atoms with E-state index in [0.717, 1.165) is 44.9 Å². The number of hydrogen-bond acceptors (Lipinski definition) is 5. The van der Waals surface area contributed by atoms with Crippen molar-refractivity contribution >= 4 is 11.9 Å². The van der Waals surface area contributed by atoms with E-state index in [4.69, 9.17) is 4.74 Å². The topological polar surface area (TPSA) is 95.9 Å². The second-order valence-electron chi connectivity index (χ2n) is 27.8. The van der Waals surface area contributed by atoms with E-state index in [1.165, 1.54) is 379 Å². The molecule has 0 aromatic heterocycles. The monoisotopic (exact) mass is 1240 g/mol. The fraction of sp³-hybridized carbons (Fsp3) is 0.902. The number of allylic oxidation sites excluding steroid dienone is 5. The second kappa shape index (κ2) is 77.5. The Morgan fingerprint density at radius 3 is 0.864 bits per heavy atom. The normalized spacial score (nSPS) is 12.6. The van der Waals surface area contributed by atoms with Crippen molar-refractivity contribution in [3.8, 4) is 0 Å². The van der Waals surface area contributed by atoms with Crippen LogP contribution in [0.3, 0.4) is 0 Å². The Kier molecular flexibility index (Phi) is 75.8. The Labute approximate surface area is 551 Å². The van der Waals surface area contributed by atoms with Gasteiger partial charge in [0.05, 0.1) is 25.4 Å². The molecule has 0 spiro atoms. The average Bonchev–Trinajstić information content (AvgIpc) is 3.55. The van der Waals surface area contributed by atoms with Crippen molar-refractivity contribution < 1.29 is 24.5 Å². The quantitative estimate of drug-likeness (QED) is 0.0320. The molecule has 2 atom stereocenters. The Morgan fingerprint density at radius 1 is 0.318 bits per heavy atom. The SMILES string of the molecule is CCCCCCCCCCCCCCCCCCCCCCCCC/C=C/C(O)C(CO)NC(=O)CCCCCCCCCCCCCCCCCCC/C=C\C/C=C\CCCCCCCCCCCCCOC(=O)CCCCCCCCCCCCC. The van der Waals surface area contributed by atoms with Gasteiger partial charge in [-0.15, -0.1) is 0 Å². The van der Waals surface area contributed by atoms with Crippen molar-refractivity contribution in [2.24, 2.45) is 0 Å². The zero-order chi connectivity index (χ0) is 63.5. The standard InChI is InChI=1S/C82H157NO5/c1-3-5-7-9-11-13-15-16-17-18-19-20-21-33-36-39-42-45-48-51-55-58-62-66-70-74-80(85)79(78-84)83-81(86)75-71-67-63-59-56-52-49-46-43-40-37-34-31-29-27-25-23-22-24-26-28-30-32-35-38-41-44-47-50-53-57-61-65-69-73-77-88-82(87)76-72-68-64-60-54-14-12-10-8-6-4-2/h24,26,30,32,70,74,79-80,84-85H,3-23,25,27-29,31,33-69,71-73,75-78H2,1-2H3,(H,83,86)/b26-24-,32-30-,74-70+. The minimum Gasteiger partial charge on any atom is -0.466 e. The van der Waals surface area contributed by atoms with Gasteiger partial charge in [-0.25, -0.2) is 0 Å². The first-order valence-electron chi connectivity index (χ1n) is 40.3. The fourth-order valence-electron chi connectivity index (χ4n) is 12.8. The van der Waals surface area contributed by atoms with Gasteiger partial charge >= 0.3 is 5.97 Å². The number of rotatable bonds is 76. The summed E-state index contributed by atoms with van der Waals surface area (Å²) in [5.41, 5.74) is 0. The van der Waals surface area contributed by atoms with Crippen molar-refractivity contribution in [2.45, 2.75) is 463 Å². The van der Waals surface area contributed by atoms with Gasteiger partial charge in [0.1, 0.15) is 0 Å². The Balaban J connectivity index is 3.40. The molecule has 3 N–H and O–H groups in total. The summed E-state index contributed by atoms with van der Waals surface area (Å²) in [6, 6.07) is -0.628. The third-order valence-corrected chi connectivity index (χ3v) is 18.9. The Hall–Kier alpha value is -1.92. The largest absolute Gasteiger partial charge is 0.466 e. The lowest BCUT2D eigenvalue weighted by Crippen LogP contribution is -2.45. The predicted octanol–water partition coefficient (Wildman–Crippen LogP) is 26.6. The average molecular weight is 1240 g/mol. The maximum absolute atomic E-state index is 12.6. The van der Waals surface area contributed by atoms with Gasteiger partial charge in [-0.3, -0.25) is 9.59 Å². The number of ether oxygens (including phenoxy) is 1. The lowest BCUT2D eigenvalue weighted by atomic mass is 10.0. The number of esters is 1. The van der Waals surface area contributed by atoms with Gasteiger partial charge in [0.15, 0.2) is 0 Å². The fourth-order valence-corrected chi connectivity index (χ4v) is 12.8. The minimum absolute atomic E-state index is 0.0169. The van der Waals surface area contributed by atoms with Crippen LogP contribution in [0.25, 0.3) is 0 Å². The number of aliphatic hydroxyl groups is 2. The van der Waals surface area contributed by atoms with Crippen LogP contribution in [-0.2, 0) is 14.3 Å². The molecular formula is C82H157NO5. The van der Waals surface area contributed by atoms with Gasteiger partial charge in [-0.1, -0.05) is 410 Å². The molecule has 0 aromatic carbocycles. The molecule has 0 bridgehead atoms. The molecule has 0 saturated heterocycles. The molecule has 0 saturated carbocycles. The zero-order valence-corrected chi connectivity index (χ0v) is 59.7. The summed E-state index contributed by atoms with van der Waals surface area (Å²) in [7, 11) is 0. The van der Waals surface area contributed by atoms with Gasteiger partial charge in [-0.05, 0) is 64.2 Å². The molecule has 0 aliphatic rings. The van der Waals surface area contributed by atoms with Gasteiger partial charge in [-0.2, -0.15) is 0 Å². The second-order valence-corrected chi connectivity index (χ2v) is 27.8. The molecule has 0 aliphatic carbocycles. The first-order valence-corrected chi connectivity index (χ1v) is 40.3. The van der Waals surface area contributed by atoms with Crippen molar-refractivity contribution in [1.82, 2.24) is 5.32 Å². The molecule has 1 amide bonds. The molecule has 0 rings (SSSR count). The van der Waals surface area contributed by atoms with E-state index in [1.807, 2.05) is 6.08 Å². The molecule has 0 radical (unpaired) electrons. The number of hydrogen-bond donors (Lipinski definition) is 3. The van der Waals surface area contributed by atoms with Crippen LogP contribution < -0.4 is 5.32 Å². The maximum Gasteiger partial charge on any atom is 0.305 e. The summed E-state index contributed by atoms with van der Waals surface area (Å²) in [6.07, 6.45) is 101. The van der Waals surface area contributed by atoms with Crippen LogP contribution >= 0.6 is 0 Å². The third kappa shape index (κ3) is 73.1. The van der Waals surface area contributed by atoms with Gasteiger partial charge < -0.3 is 20.3 Å². The van der Waals surface area contributed by atoms with Crippen molar-refractivity contribution in [2.75, 3.05) is 13.2 Å². The first-order chi connectivity index (χ1) is 43.5. The van der Waals surface area contributed by atoms with E-state index in [0.29, 0.717) is 19.4 Å². The summed E-state index contributed by atoms with van der Waals surface area (Å²) >= 11 is 0. The minimum atomic E-state index is -0.845. The van der Waals surface area contributed by atoms with E-state index in [9.17, 15) is 19.8 Å². The lowest BCUT2D eigenvalue weighted by molar-refractivity contribution is -0.143. The predicted molar refractivity (Wildman–Crippen MR) is 389 cm³/mol. The molecule has 88 heavy (non-hydrogen) atoms. The summed E-state index contributed by atoms with van der Waals surface area (Å²) in [5, 5.41) is 23.3. The zero-order valence-electron chi connectivity index (χ0n) is 59.7. The number of carbonyl (C=O) groups is 2. The third-order valence-electron chi connectivity index (χ3n) is 18.9. The van der Waals surface area contributed by atoms with Crippen molar-refractivity contribution in [3.63, 3.8) is 0 Å². The Morgan fingerprint density at radius 2 is 0.568 bits per heavy atom. The number of unbranched alkanes of at least 4 members (excludes halogenated alkanes) is 61. The molecule has 0 heterocycles.